The molecule has 0 saturated carbocycles. The molecule has 2 aliphatic heterocycles. The normalized spacial score (nSPS) is 30.0. The van der Waals surface area contributed by atoms with Crippen molar-refractivity contribution in [3.8, 4) is 0 Å². The minimum absolute atomic E-state index is 0.0982. The van der Waals surface area contributed by atoms with Crippen LogP contribution in [0.3, 0.4) is 0 Å². The van der Waals surface area contributed by atoms with Gasteiger partial charge in [0.05, 0.1) is 18.8 Å². The first-order chi connectivity index (χ1) is 16.3. The predicted octanol–water partition coefficient (Wildman–Crippen LogP) is 6.88. The van der Waals surface area contributed by atoms with Gasteiger partial charge in [-0.25, -0.2) is 4.79 Å². The number of hydrogen-bond donors (Lipinski definition) is 1. The third-order valence-electron chi connectivity index (χ3n) is 6.86. The highest BCUT2D eigenvalue weighted by molar-refractivity contribution is 5.87. The van der Waals surface area contributed by atoms with Crippen LogP contribution < -0.4 is 0 Å². The van der Waals surface area contributed by atoms with Gasteiger partial charge in [0.2, 0.25) is 0 Å². The van der Waals surface area contributed by atoms with Crippen LogP contribution in [0.1, 0.15) is 61.3 Å². The van der Waals surface area contributed by atoms with E-state index in [9.17, 15) is 9.90 Å². The Kier molecular flexibility index (Phi) is 9.65. The number of carbonyl (C=O) groups excluding carboxylic acids is 1. The molecule has 0 aromatic carbocycles. The summed E-state index contributed by atoms with van der Waals surface area (Å²) in [5.41, 5.74) is 2.29. The van der Waals surface area contributed by atoms with Gasteiger partial charge in [-0.05, 0) is 47.1 Å². The number of hydrogen-bond acceptors (Lipinski definition) is 4. The SMILES string of the molecule is COC(=O)/C(C)=C/C=C/C(C)=C/C=C/C=C(C)/C=C/C=C(C)/C=C/[C@@]12O[C@@H](CC1(C)C)C[C@]2(C)O. The van der Waals surface area contributed by atoms with Crippen molar-refractivity contribution in [3.63, 3.8) is 0 Å². The number of methoxy groups -OCH3 is 1. The number of rotatable bonds is 9. The lowest BCUT2D eigenvalue weighted by molar-refractivity contribution is -0.136. The summed E-state index contributed by atoms with van der Waals surface area (Å²) in [5.74, 6) is -0.322. The van der Waals surface area contributed by atoms with Gasteiger partial charge < -0.3 is 14.6 Å². The van der Waals surface area contributed by atoms with Crippen molar-refractivity contribution in [1.82, 2.24) is 0 Å². The molecule has 2 heterocycles. The van der Waals surface area contributed by atoms with Crippen molar-refractivity contribution in [2.24, 2.45) is 5.41 Å². The smallest absolute Gasteiger partial charge is 0.333 e. The van der Waals surface area contributed by atoms with Gasteiger partial charge in [0.15, 0.2) is 0 Å². The Hall–Kier alpha value is -2.69. The highest BCUT2D eigenvalue weighted by Crippen LogP contribution is 2.60. The molecule has 2 rings (SSSR count). The van der Waals surface area contributed by atoms with Crippen LogP contribution >= 0.6 is 0 Å². The molecule has 190 valence electrons. The fraction of sp³-hybridized carbons (Fsp3) is 0.452. The summed E-state index contributed by atoms with van der Waals surface area (Å²) in [6.07, 6.45) is 25.7. The topological polar surface area (TPSA) is 55.8 Å². The largest absolute Gasteiger partial charge is 0.466 e. The number of fused-ring (bicyclic) bond motifs is 2. The Bertz CT molecular complexity index is 1000. The van der Waals surface area contributed by atoms with Gasteiger partial charge in [-0.15, -0.1) is 0 Å². The van der Waals surface area contributed by atoms with Gasteiger partial charge in [-0.1, -0.05) is 97.4 Å². The molecule has 2 bridgehead atoms. The van der Waals surface area contributed by atoms with E-state index in [4.69, 9.17) is 4.74 Å². The van der Waals surface area contributed by atoms with Crippen LogP contribution in [0.4, 0.5) is 0 Å². The first-order valence-electron chi connectivity index (χ1n) is 12.2. The summed E-state index contributed by atoms with van der Waals surface area (Å²) in [6, 6.07) is 0. The zero-order chi connectivity index (χ0) is 26.3. The van der Waals surface area contributed by atoms with Crippen molar-refractivity contribution < 1.29 is 19.4 Å². The van der Waals surface area contributed by atoms with Crippen LogP contribution in [0, 0.1) is 5.41 Å². The molecule has 0 amide bonds. The minimum atomic E-state index is -0.848. The summed E-state index contributed by atoms with van der Waals surface area (Å²) in [5, 5.41) is 11.0. The molecule has 4 heteroatoms. The second-order valence-corrected chi connectivity index (χ2v) is 10.6. The highest BCUT2D eigenvalue weighted by atomic mass is 16.5. The average Bonchev–Trinajstić information content (AvgIpc) is 3.19. The Labute approximate surface area is 211 Å². The third kappa shape index (κ3) is 7.16. The lowest BCUT2D eigenvalue weighted by Crippen LogP contribution is -2.56. The average molecular weight is 479 g/mol. The van der Waals surface area contributed by atoms with E-state index in [-0.39, 0.29) is 17.5 Å². The zero-order valence-electron chi connectivity index (χ0n) is 22.6. The van der Waals surface area contributed by atoms with Gasteiger partial charge >= 0.3 is 5.97 Å². The molecular formula is C31H42O4. The first-order valence-corrected chi connectivity index (χ1v) is 12.2. The quantitative estimate of drug-likeness (QED) is 0.223. The Morgan fingerprint density at radius 2 is 1.34 bits per heavy atom. The van der Waals surface area contributed by atoms with E-state index in [0.29, 0.717) is 12.0 Å². The van der Waals surface area contributed by atoms with Gasteiger partial charge in [-0.3, -0.25) is 0 Å². The molecule has 0 spiro atoms. The van der Waals surface area contributed by atoms with Gasteiger partial charge in [0, 0.05) is 17.4 Å². The van der Waals surface area contributed by atoms with Gasteiger partial charge in [0.25, 0.3) is 0 Å². The number of ether oxygens (including phenoxy) is 2. The highest BCUT2D eigenvalue weighted by Gasteiger charge is 2.67. The fourth-order valence-corrected chi connectivity index (χ4v) is 4.95. The second kappa shape index (κ2) is 11.8. The molecular weight excluding hydrogens is 436 g/mol. The Morgan fingerprint density at radius 3 is 1.86 bits per heavy atom. The molecule has 3 atom stereocenters. The van der Waals surface area contributed by atoms with Crippen LogP contribution in [0.2, 0.25) is 0 Å². The van der Waals surface area contributed by atoms with Crippen molar-refractivity contribution in [2.45, 2.75) is 78.6 Å². The maximum Gasteiger partial charge on any atom is 0.333 e. The van der Waals surface area contributed by atoms with Crippen molar-refractivity contribution in [3.05, 3.63) is 95.2 Å². The number of aliphatic hydroxyl groups is 1. The van der Waals surface area contributed by atoms with Crippen LogP contribution in [-0.2, 0) is 14.3 Å². The second-order valence-electron chi connectivity index (χ2n) is 10.6. The van der Waals surface area contributed by atoms with E-state index in [1.807, 2.05) is 56.4 Å². The summed E-state index contributed by atoms with van der Waals surface area (Å²) in [7, 11) is 1.38. The van der Waals surface area contributed by atoms with E-state index < -0.39 is 11.2 Å². The van der Waals surface area contributed by atoms with Crippen LogP contribution in [0.25, 0.3) is 0 Å². The molecule has 2 fully saturated rings. The molecule has 2 aliphatic rings. The molecule has 0 unspecified atom stereocenters. The molecule has 35 heavy (non-hydrogen) atoms. The Morgan fingerprint density at radius 1 is 0.829 bits per heavy atom. The van der Waals surface area contributed by atoms with Crippen molar-refractivity contribution in [2.75, 3.05) is 7.11 Å². The summed E-state index contributed by atoms with van der Waals surface area (Å²) < 4.78 is 10.9. The molecule has 2 saturated heterocycles. The summed E-state index contributed by atoms with van der Waals surface area (Å²) in [6.45, 7) is 14.1. The minimum Gasteiger partial charge on any atom is -0.466 e. The third-order valence-corrected chi connectivity index (χ3v) is 6.86. The Balaban J connectivity index is 1.94. The standard InChI is InChI=1S/C31H42O4/c1-23(13-9-10-14-24(2)17-12-18-26(4)28(32)34-8)15-11-16-25(3)19-20-31-29(5,6)21-27(35-31)22-30(31,7)33/h9-20,27,33H,21-22H2,1-8H3/b10-9+,15-11+,17-12+,20-19+,23-13+,24-14+,25-16+,26-18+/t27-,30-,31+/m0/s1. The van der Waals surface area contributed by atoms with Crippen LogP contribution in [0.15, 0.2) is 95.2 Å². The number of allylic oxidation sites excluding steroid dienone is 14. The van der Waals surface area contributed by atoms with Gasteiger partial charge in [0.1, 0.15) is 5.60 Å². The van der Waals surface area contributed by atoms with Crippen molar-refractivity contribution in [1.29, 1.82) is 0 Å². The number of carbonyl (C=O) groups is 1. The van der Waals surface area contributed by atoms with E-state index in [0.717, 1.165) is 23.1 Å². The maximum atomic E-state index is 11.4. The molecule has 0 aromatic heterocycles. The van der Waals surface area contributed by atoms with Crippen molar-refractivity contribution >= 4 is 5.97 Å². The van der Waals surface area contributed by atoms with E-state index in [1.165, 1.54) is 7.11 Å². The molecule has 0 aromatic rings. The molecule has 0 radical (unpaired) electrons. The lowest BCUT2D eigenvalue weighted by atomic mass is 9.61. The zero-order valence-corrected chi connectivity index (χ0v) is 22.6. The predicted molar refractivity (Wildman–Crippen MR) is 145 cm³/mol. The van der Waals surface area contributed by atoms with E-state index in [1.54, 1.807) is 13.0 Å². The first kappa shape index (κ1) is 28.5. The summed E-state index contributed by atoms with van der Waals surface area (Å²) in [4.78, 5) is 11.4. The monoisotopic (exact) mass is 478 g/mol. The molecule has 1 N–H and O–H groups in total. The van der Waals surface area contributed by atoms with E-state index >= 15 is 0 Å². The lowest BCUT2D eigenvalue weighted by Gasteiger charge is -2.46. The maximum absolute atomic E-state index is 11.4. The molecule has 0 aliphatic carbocycles. The van der Waals surface area contributed by atoms with Crippen LogP contribution in [-0.4, -0.2) is 35.5 Å². The molecule has 4 nitrogen and oxygen atoms in total. The van der Waals surface area contributed by atoms with E-state index in [2.05, 4.69) is 56.7 Å². The fourth-order valence-electron chi connectivity index (χ4n) is 4.95. The number of esters is 1. The van der Waals surface area contributed by atoms with Gasteiger partial charge in [-0.2, -0.15) is 0 Å². The summed E-state index contributed by atoms with van der Waals surface area (Å²) >= 11 is 0. The van der Waals surface area contributed by atoms with Crippen LogP contribution in [0.5, 0.6) is 0 Å².